The Hall–Kier alpha value is -2.60. The SMILES string of the molecule is CCN(CC)C(=O)CSc1nnc(-c2ccccc2)n1Cc1ccccc1. The molecule has 0 aliphatic heterocycles. The molecule has 1 heterocycles. The van der Waals surface area contributed by atoms with Gasteiger partial charge in [0.1, 0.15) is 0 Å². The molecule has 0 radical (unpaired) electrons. The highest BCUT2D eigenvalue weighted by molar-refractivity contribution is 7.99. The molecule has 6 heteroatoms. The fraction of sp³-hybridized carbons (Fsp3) is 0.286. The third kappa shape index (κ3) is 4.77. The van der Waals surface area contributed by atoms with Crippen LogP contribution in [-0.4, -0.2) is 44.4 Å². The number of hydrogen-bond acceptors (Lipinski definition) is 4. The van der Waals surface area contributed by atoms with Crippen molar-refractivity contribution in [1.82, 2.24) is 19.7 Å². The number of amides is 1. The molecule has 0 atom stereocenters. The lowest BCUT2D eigenvalue weighted by molar-refractivity contribution is -0.127. The number of carbonyl (C=O) groups excluding carboxylic acids is 1. The summed E-state index contributed by atoms with van der Waals surface area (Å²) >= 11 is 1.45. The largest absolute Gasteiger partial charge is 0.343 e. The molecule has 0 saturated heterocycles. The number of rotatable bonds is 8. The number of thioether (sulfide) groups is 1. The van der Waals surface area contributed by atoms with Crippen molar-refractivity contribution in [2.24, 2.45) is 0 Å². The van der Waals surface area contributed by atoms with Crippen LogP contribution >= 0.6 is 11.8 Å². The van der Waals surface area contributed by atoms with Crippen LogP contribution in [0, 0.1) is 0 Å². The molecule has 0 unspecified atom stereocenters. The fourth-order valence-corrected chi connectivity index (χ4v) is 3.74. The summed E-state index contributed by atoms with van der Waals surface area (Å²) < 4.78 is 2.09. The molecular formula is C21H24N4OS. The molecule has 1 aromatic heterocycles. The number of carbonyl (C=O) groups is 1. The van der Waals surface area contributed by atoms with E-state index in [1.807, 2.05) is 67.3 Å². The Labute approximate surface area is 164 Å². The first-order valence-electron chi connectivity index (χ1n) is 9.16. The van der Waals surface area contributed by atoms with E-state index in [0.717, 1.165) is 29.6 Å². The zero-order valence-corrected chi connectivity index (χ0v) is 16.5. The smallest absolute Gasteiger partial charge is 0.233 e. The van der Waals surface area contributed by atoms with Crippen LogP contribution in [0.15, 0.2) is 65.8 Å². The van der Waals surface area contributed by atoms with Crippen LogP contribution in [0.25, 0.3) is 11.4 Å². The summed E-state index contributed by atoms with van der Waals surface area (Å²) in [6, 6.07) is 20.3. The minimum absolute atomic E-state index is 0.125. The Morgan fingerprint density at radius 2 is 1.59 bits per heavy atom. The Bertz CT molecular complexity index is 860. The third-order valence-corrected chi connectivity index (χ3v) is 5.32. The van der Waals surface area contributed by atoms with Crippen LogP contribution < -0.4 is 0 Å². The van der Waals surface area contributed by atoms with Crippen LogP contribution in [0.3, 0.4) is 0 Å². The maximum Gasteiger partial charge on any atom is 0.233 e. The highest BCUT2D eigenvalue weighted by Gasteiger charge is 2.17. The van der Waals surface area contributed by atoms with Crippen molar-refractivity contribution in [1.29, 1.82) is 0 Å². The number of benzene rings is 2. The summed E-state index contributed by atoms with van der Waals surface area (Å²) in [7, 11) is 0. The maximum atomic E-state index is 12.4. The predicted octanol–water partition coefficient (Wildman–Crippen LogP) is 3.95. The van der Waals surface area contributed by atoms with Gasteiger partial charge in [0.05, 0.1) is 12.3 Å². The van der Waals surface area contributed by atoms with Gasteiger partial charge in [-0.25, -0.2) is 0 Å². The molecule has 3 aromatic rings. The third-order valence-electron chi connectivity index (χ3n) is 4.37. The van der Waals surface area contributed by atoms with Crippen LogP contribution in [0.2, 0.25) is 0 Å². The zero-order chi connectivity index (χ0) is 19.1. The van der Waals surface area contributed by atoms with E-state index in [9.17, 15) is 4.79 Å². The van der Waals surface area contributed by atoms with Gasteiger partial charge in [0.15, 0.2) is 11.0 Å². The standard InChI is InChI=1S/C21H24N4OS/c1-3-24(4-2)19(26)16-27-21-23-22-20(18-13-9-6-10-14-18)25(21)15-17-11-7-5-8-12-17/h5-14H,3-4,15-16H2,1-2H3. The van der Waals surface area contributed by atoms with Crippen LogP contribution in [0.5, 0.6) is 0 Å². The van der Waals surface area contributed by atoms with E-state index in [1.54, 1.807) is 0 Å². The van der Waals surface area contributed by atoms with Crippen LogP contribution in [0.4, 0.5) is 0 Å². The van der Waals surface area contributed by atoms with Crippen molar-refractivity contribution in [3.63, 3.8) is 0 Å². The first-order valence-corrected chi connectivity index (χ1v) is 10.1. The van der Waals surface area contributed by atoms with Gasteiger partial charge in [-0.2, -0.15) is 0 Å². The fourth-order valence-electron chi connectivity index (χ4n) is 2.90. The quantitative estimate of drug-likeness (QED) is 0.555. The van der Waals surface area contributed by atoms with Gasteiger partial charge in [0.25, 0.3) is 0 Å². The highest BCUT2D eigenvalue weighted by atomic mass is 32.2. The average molecular weight is 381 g/mol. The average Bonchev–Trinajstić information content (AvgIpc) is 3.11. The van der Waals surface area contributed by atoms with E-state index in [4.69, 9.17) is 0 Å². The lowest BCUT2D eigenvalue weighted by Gasteiger charge is -2.18. The Morgan fingerprint density at radius 3 is 2.22 bits per heavy atom. The van der Waals surface area contributed by atoms with Crippen LogP contribution in [0.1, 0.15) is 19.4 Å². The van der Waals surface area contributed by atoms with Crippen molar-refractivity contribution >= 4 is 17.7 Å². The van der Waals surface area contributed by atoms with Gasteiger partial charge >= 0.3 is 0 Å². The van der Waals surface area contributed by atoms with Gasteiger partial charge in [-0.05, 0) is 19.4 Å². The molecule has 0 aliphatic carbocycles. The summed E-state index contributed by atoms with van der Waals surface area (Å²) in [6.45, 7) is 6.11. The molecule has 140 valence electrons. The minimum Gasteiger partial charge on any atom is -0.343 e. The molecule has 3 rings (SSSR count). The highest BCUT2D eigenvalue weighted by Crippen LogP contribution is 2.25. The summed E-state index contributed by atoms with van der Waals surface area (Å²) in [5.74, 6) is 1.31. The monoisotopic (exact) mass is 380 g/mol. The van der Waals surface area contributed by atoms with Crippen molar-refractivity contribution in [3.8, 4) is 11.4 Å². The molecule has 0 fully saturated rings. The van der Waals surface area contributed by atoms with Crippen molar-refractivity contribution < 1.29 is 4.79 Å². The summed E-state index contributed by atoms with van der Waals surface area (Å²) in [5.41, 5.74) is 2.19. The molecule has 5 nitrogen and oxygen atoms in total. The van der Waals surface area contributed by atoms with E-state index in [0.29, 0.717) is 12.3 Å². The number of nitrogens with zero attached hydrogens (tertiary/aromatic N) is 4. The van der Waals surface area contributed by atoms with E-state index < -0.39 is 0 Å². The Kier molecular flexibility index (Phi) is 6.65. The molecule has 0 N–H and O–H groups in total. The van der Waals surface area contributed by atoms with E-state index in [-0.39, 0.29) is 5.91 Å². The molecule has 0 spiro atoms. The maximum absolute atomic E-state index is 12.4. The lowest BCUT2D eigenvalue weighted by atomic mass is 10.2. The first kappa shape index (κ1) is 19.2. The van der Waals surface area contributed by atoms with Gasteiger partial charge in [0.2, 0.25) is 5.91 Å². The Balaban J connectivity index is 1.87. The normalized spacial score (nSPS) is 10.7. The summed E-state index contributed by atoms with van der Waals surface area (Å²) in [6.07, 6.45) is 0. The molecule has 0 saturated carbocycles. The second kappa shape index (κ2) is 9.37. The minimum atomic E-state index is 0.125. The van der Waals surface area contributed by atoms with Crippen molar-refractivity contribution in [3.05, 3.63) is 66.2 Å². The van der Waals surface area contributed by atoms with Gasteiger partial charge in [0, 0.05) is 18.7 Å². The van der Waals surface area contributed by atoms with E-state index in [1.165, 1.54) is 17.3 Å². The lowest BCUT2D eigenvalue weighted by Crippen LogP contribution is -2.31. The van der Waals surface area contributed by atoms with Gasteiger partial charge < -0.3 is 4.90 Å². The van der Waals surface area contributed by atoms with Gasteiger partial charge in [-0.1, -0.05) is 72.4 Å². The van der Waals surface area contributed by atoms with Crippen LogP contribution in [-0.2, 0) is 11.3 Å². The predicted molar refractivity (Wildman–Crippen MR) is 110 cm³/mol. The molecule has 27 heavy (non-hydrogen) atoms. The van der Waals surface area contributed by atoms with Crippen molar-refractivity contribution in [2.45, 2.75) is 25.5 Å². The van der Waals surface area contributed by atoms with Gasteiger partial charge in [-0.3, -0.25) is 9.36 Å². The molecule has 2 aromatic carbocycles. The number of hydrogen-bond donors (Lipinski definition) is 0. The number of aromatic nitrogens is 3. The molecule has 1 amide bonds. The summed E-state index contributed by atoms with van der Waals surface area (Å²) in [4.78, 5) is 14.2. The second-order valence-electron chi connectivity index (χ2n) is 6.10. The molecular weight excluding hydrogens is 356 g/mol. The van der Waals surface area contributed by atoms with E-state index in [2.05, 4.69) is 26.9 Å². The van der Waals surface area contributed by atoms with Gasteiger partial charge in [-0.15, -0.1) is 10.2 Å². The zero-order valence-electron chi connectivity index (χ0n) is 15.7. The molecule has 0 bridgehead atoms. The van der Waals surface area contributed by atoms with E-state index >= 15 is 0 Å². The second-order valence-corrected chi connectivity index (χ2v) is 7.04. The van der Waals surface area contributed by atoms with Crippen molar-refractivity contribution in [2.75, 3.05) is 18.8 Å². The first-order chi connectivity index (χ1) is 13.2. The summed E-state index contributed by atoms with van der Waals surface area (Å²) in [5, 5.41) is 9.55. The molecule has 0 aliphatic rings. The Morgan fingerprint density at radius 1 is 0.963 bits per heavy atom. The topological polar surface area (TPSA) is 51.0 Å².